The van der Waals surface area contributed by atoms with Gasteiger partial charge in [-0.2, -0.15) is 0 Å². The maximum Gasteiger partial charge on any atom is 0.165 e. The normalized spacial score (nSPS) is 19.8. The molecule has 1 saturated carbocycles. The Morgan fingerprint density at radius 2 is 1.69 bits per heavy atom. The quantitative estimate of drug-likeness (QED) is 0.777. The Kier molecular flexibility index (Phi) is 2.98. The predicted octanol–water partition coefficient (Wildman–Crippen LogP) is 3.42. The zero-order valence-corrected chi connectivity index (χ0v) is 9.39. The molecule has 16 heavy (non-hydrogen) atoms. The maximum absolute atomic E-state index is 13.8. The summed E-state index contributed by atoms with van der Waals surface area (Å²) in [6, 6.07) is 3.04. The van der Waals surface area contributed by atoms with Crippen LogP contribution in [0.25, 0.3) is 0 Å². The molecule has 88 valence electrons. The second-order valence-corrected chi connectivity index (χ2v) is 4.65. The fourth-order valence-electron chi connectivity index (χ4n) is 2.41. The molecule has 1 aliphatic carbocycles. The summed E-state index contributed by atoms with van der Waals surface area (Å²) in [7, 11) is 0. The predicted molar refractivity (Wildman–Crippen MR) is 58.1 cm³/mol. The van der Waals surface area contributed by atoms with Crippen LogP contribution in [0.3, 0.4) is 0 Å². The topological polar surface area (TPSA) is 20.2 Å². The molecule has 2 rings (SSSR count). The van der Waals surface area contributed by atoms with Gasteiger partial charge in [-0.1, -0.05) is 31.4 Å². The standard InChI is InChI=1S/C13H16F2O/c1-9-5-6-10(12(15)11(9)14)13(16)7-3-2-4-8-13/h5-6,16H,2-4,7-8H2,1H3. The van der Waals surface area contributed by atoms with Crippen molar-refractivity contribution in [1.82, 2.24) is 0 Å². The Labute approximate surface area is 94.1 Å². The minimum Gasteiger partial charge on any atom is -0.385 e. The van der Waals surface area contributed by atoms with E-state index in [1.165, 1.54) is 19.1 Å². The third kappa shape index (κ3) is 1.84. The number of rotatable bonds is 1. The van der Waals surface area contributed by atoms with Crippen molar-refractivity contribution in [3.8, 4) is 0 Å². The van der Waals surface area contributed by atoms with Crippen LogP contribution in [0.5, 0.6) is 0 Å². The lowest BCUT2D eigenvalue weighted by atomic mass is 9.79. The molecule has 1 fully saturated rings. The molecule has 0 amide bonds. The fraction of sp³-hybridized carbons (Fsp3) is 0.538. The van der Waals surface area contributed by atoms with Gasteiger partial charge in [0.25, 0.3) is 0 Å². The monoisotopic (exact) mass is 226 g/mol. The van der Waals surface area contributed by atoms with E-state index < -0.39 is 17.2 Å². The van der Waals surface area contributed by atoms with Crippen LogP contribution in [0.15, 0.2) is 12.1 Å². The average molecular weight is 226 g/mol. The fourth-order valence-corrected chi connectivity index (χ4v) is 2.41. The molecule has 3 heteroatoms. The smallest absolute Gasteiger partial charge is 0.165 e. The van der Waals surface area contributed by atoms with Crippen molar-refractivity contribution < 1.29 is 13.9 Å². The van der Waals surface area contributed by atoms with Gasteiger partial charge in [0.2, 0.25) is 0 Å². The molecule has 0 radical (unpaired) electrons. The van der Waals surface area contributed by atoms with Gasteiger partial charge < -0.3 is 5.11 Å². The number of benzene rings is 1. The highest BCUT2D eigenvalue weighted by molar-refractivity contribution is 5.30. The summed E-state index contributed by atoms with van der Waals surface area (Å²) in [4.78, 5) is 0. The average Bonchev–Trinajstić information content (AvgIpc) is 2.27. The molecule has 1 nitrogen and oxygen atoms in total. The van der Waals surface area contributed by atoms with Crippen LogP contribution in [-0.4, -0.2) is 5.11 Å². The van der Waals surface area contributed by atoms with E-state index in [9.17, 15) is 13.9 Å². The first kappa shape index (κ1) is 11.5. The van der Waals surface area contributed by atoms with Crippen LogP contribution in [0.1, 0.15) is 43.2 Å². The van der Waals surface area contributed by atoms with E-state index in [0.717, 1.165) is 19.3 Å². The second-order valence-electron chi connectivity index (χ2n) is 4.65. The molecule has 1 aliphatic rings. The van der Waals surface area contributed by atoms with Crippen LogP contribution in [-0.2, 0) is 5.60 Å². The first-order valence-electron chi connectivity index (χ1n) is 5.72. The van der Waals surface area contributed by atoms with Crippen molar-refractivity contribution in [2.24, 2.45) is 0 Å². The van der Waals surface area contributed by atoms with Gasteiger partial charge in [-0.15, -0.1) is 0 Å². The molecule has 0 aromatic heterocycles. The molecular weight excluding hydrogens is 210 g/mol. The summed E-state index contributed by atoms with van der Waals surface area (Å²) in [5, 5.41) is 10.3. The van der Waals surface area contributed by atoms with E-state index >= 15 is 0 Å². The van der Waals surface area contributed by atoms with Crippen LogP contribution in [0.4, 0.5) is 8.78 Å². The minimum atomic E-state index is -1.17. The first-order chi connectivity index (χ1) is 7.54. The summed E-state index contributed by atoms with van der Waals surface area (Å²) in [6.45, 7) is 1.52. The third-order valence-electron chi connectivity index (χ3n) is 3.46. The van der Waals surface area contributed by atoms with Crippen molar-refractivity contribution in [2.45, 2.75) is 44.6 Å². The zero-order chi connectivity index (χ0) is 11.8. The second kappa shape index (κ2) is 4.13. The van der Waals surface area contributed by atoms with Gasteiger partial charge in [-0.3, -0.25) is 0 Å². The van der Waals surface area contributed by atoms with Gasteiger partial charge in [-0.25, -0.2) is 8.78 Å². The van der Waals surface area contributed by atoms with Gasteiger partial charge in [0.15, 0.2) is 11.6 Å². The number of aliphatic hydroxyl groups is 1. The van der Waals surface area contributed by atoms with Crippen LogP contribution >= 0.6 is 0 Å². The van der Waals surface area contributed by atoms with Gasteiger partial charge in [0, 0.05) is 5.56 Å². The molecule has 0 bridgehead atoms. The summed E-state index contributed by atoms with van der Waals surface area (Å²) in [5.41, 5.74) is -0.771. The molecule has 1 aromatic carbocycles. The molecule has 1 N–H and O–H groups in total. The first-order valence-corrected chi connectivity index (χ1v) is 5.72. The van der Waals surface area contributed by atoms with Crippen molar-refractivity contribution in [3.63, 3.8) is 0 Å². The molecule has 0 unspecified atom stereocenters. The Bertz CT molecular complexity index is 395. The van der Waals surface area contributed by atoms with Crippen LogP contribution in [0.2, 0.25) is 0 Å². The summed E-state index contributed by atoms with van der Waals surface area (Å²) >= 11 is 0. The van der Waals surface area contributed by atoms with Crippen LogP contribution in [0, 0.1) is 18.6 Å². The van der Waals surface area contributed by atoms with E-state index in [1.54, 1.807) is 0 Å². The van der Waals surface area contributed by atoms with E-state index in [0.29, 0.717) is 12.8 Å². The Morgan fingerprint density at radius 3 is 2.31 bits per heavy atom. The van der Waals surface area contributed by atoms with Crippen molar-refractivity contribution >= 4 is 0 Å². The summed E-state index contributed by atoms with van der Waals surface area (Å²) in [6.07, 6.45) is 3.83. The summed E-state index contributed by atoms with van der Waals surface area (Å²) in [5.74, 6) is -1.72. The molecular formula is C13H16F2O. The molecule has 0 atom stereocenters. The Hall–Kier alpha value is -0.960. The Balaban J connectivity index is 2.43. The Morgan fingerprint density at radius 1 is 1.06 bits per heavy atom. The van der Waals surface area contributed by atoms with E-state index in [4.69, 9.17) is 0 Å². The highest BCUT2D eigenvalue weighted by atomic mass is 19.2. The highest BCUT2D eigenvalue weighted by Crippen LogP contribution is 2.38. The number of hydrogen-bond acceptors (Lipinski definition) is 1. The number of hydrogen-bond donors (Lipinski definition) is 1. The third-order valence-corrected chi connectivity index (χ3v) is 3.46. The lowest BCUT2D eigenvalue weighted by molar-refractivity contribution is -0.00431. The van der Waals surface area contributed by atoms with Crippen molar-refractivity contribution in [1.29, 1.82) is 0 Å². The number of aryl methyl sites for hydroxylation is 1. The summed E-state index contributed by atoms with van der Waals surface area (Å²) < 4.78 is 27.2. The van der Waals surface area contributed by atoms with E-state index in [-0.39, 0.29) is 11.1 Å². The molecule has 0 spiro atoms. The van der Waals surface area contributed by atoms with E-state index in [1.807, 2.05) is 0 Å². The van der Waals surface area contributed by atoms with Gasteiger partial charge in [-0.05, 0) is 25.3 Å². The lowest BCUT2D eigenvalue weighted by Gasteiger charge is -2.32. The largest absolute Gasteiger partial charge is 0.385 e. The molecule has 0 aliphatic heterocycles. The van der Waals surface area contributed by atoms with E-state index in [2.05, 4.69) is 0 Å². The maximum atomic E-state index is 13.8. The van der Waals surface area contributed by atoms with Gasteiger partial charge in [0.05, 0.1) is 5.60 Å². The van der Waals surface area contributed by atoms with Crippen molar-refractivity contribution in [3.05, 3.63) is 34.9 Å². The van der Waals surface area contributed by atoms with Gasteiger partial charge in [0.1, 0.15) is 0 Å². The SMILES string of the molecule is Cc1ccc(C2(O)CCCCC2)c(F)c1F. The number of halogens is 2. The molecule has 1 aromatic rings. The minimum absolute atomic E-state index is 0.121. The van der Waals surface area contributed by atoms with Gasteiger partial charge >= 0.3 is 0 Å². The van der Waals surface area contributed by atoms with Crippen LogP contribution < -0.4 is 0 Å². The zero-order valence-electron chi connectivity index (χ0n) is 9.39. The highest BCUT2D eigenvalue weighted by Gasteiger charge is 2.34. The van der Waals surface area contributed by atoms with Crippen molar-refractivity contribution in [2.75, 3.05) is 0 Å². The molecule has 0 heterocycles. The molecule has 0 saturated heterocycles. The lowest BCUT2D eigenvalue weighted by Crippen LogP contribution is -2.30.